The summed E-state index contributed by atoms with van der Waals surface area (Å²) >= 11 is 1.45. The lowest BCUT2D eigenvalue weighted by Gasteiger charge is -2.06. The lowest BCUT2D eigenvalue weighted by Crippen LogP contribution is -2.21. The molecule has 27 heavy (non-hydrogen) atoms. The number of anilines is 1. The molecule has 0 bridgehead atoms. The molecule has 2 aromatic rings. The van der Waals surface area contributed by atoms with Gasteiger partial charge in [-0.05, 0) is 45.1 Å². The van der Waals surface area contributed by atoms with Crippen LogP contribution in [0.15, 0.2) is 4.52 Å². The smallest absolute Gasteiger partial charge is 0.310 e. The van der Waals surface area contributed by atoms with E-state index in [0.717, 1.165) is 37.7 Å². The third kappa shape index (κ3) is 4.37. The zero-order valence-electron chi connectivity index (χ0n) is 15.4. The normalized spacial score (nSPS) is 13.4. The second kappa shape index (κ2) is 8.35. The molecule has 0 aromatic carbocycles. The number of aromatic nitrogens is 1. The Morgan fingerprint density at radius 2 is 2.07 bits per heavy atom. The SMILES string of the molecule is Cc1noc(C)c1CC(=O)OCC(=O)Nc1sc2c(c1C#N)CCCCC2. The number of thiophene rings is 1. The molecule has 1 aliphatic rings. The number of nitriles is 1. The number of amides is 1. The number of hydrogen-bond acceptors (Lipinski definition) is 7. The van der Waals surface area contributed by atoms with E-state index in [1.807, 2.05) is 0 Å². The van der Waals surface area contributed by atoms with Crippen molar-refractivity contribution in [2.24, 2.45) is 0 Å². The maximum Gasteiger partial charge on any atom is 0.310 e. The summed E-state index contributed by atoms with van der Waals surface area (Å²) < 4.78 is 10.1. The maximum atomic E-state index is 12.2. The van der Waals surface area contributed by atoms with E-state index in [1.54, 1.807) is 13.8 Å². The highest BCUT2D eigenvalue weighted by atomic mass is 32.1. The Labute approximate surface area is 161 Å². The van der Waals surface area contributed by atoms with Gasteiger partial charge in [0.1, 0.15) is 16.8 Å². The van der Waals surface area contributed by atoms with E-state index in [4.69, 9.17) is 9.26 Å². The lowest BCUT2D eigenvalue weighted by atomic mass is 10.1. The molecule has 0 saturated carbocycles. The molecular formula is C19H21N3O4S. The number of carbonyl (C=O) groups is 2. The molecule has 142 valence electrons. The molecule has 0 atom stereocenters. The summed E-state index contributed by atoms with van der Waals surface area (Å²) in [4.78, 5) is 25.3. The van der Waals surface area contributed by atoms with E-state index in [9.17, 15) is 14.9 Å². The van der Waals surface area contributed by atoms with Gasteiger partial charge >= 0.3 is 5.97 Å². The van der Waals surface area contributed by atoms with Crippen LogP contribution in [0.1, 0.15) is 52.3 Å². The van der Waals surface area contributed by atoms with Crippen LogP contribution in [0.4, 0.5) is 5.00 Å². The van der Waals surface area contributed by atoms with E-state index in [-0.39, 0.29) is 6.42 Å². The van der Waals surface area contributed by atoms with Gasteiger partial charge in [0.2, 0.25) is 0 Å². The van der Waals surface area contributed by atoms with Crippen molar-refractivity contribution in [1.29, 1.82) is 5.26 Å². The molecule has 0 radical (unpaired) electrons. The minimum atomic E-state index is -0.526. The summed E-state index contributed by atoms with van der Waals surface area (Å²) in [5.74, 6) is -0.412. The van der Waals surface area contributed by atoms with E-state index < -0.39 is 18.5 Å². The van der Waals surface area contributed by atoms with Crippen LogP contribution in [-0.2, 0) is 33.6 Å². The molecule has 1 aliphatic carbocycles. The molecule has 1 N–H and O–H groups in total. The molecule has 3 rings (SSSR count). The summed E-state index contributed by atoms with van der Waals surface area (Å²) in [6, 6.07) is 2.21. The highest BCUT2D eigenvalue weighted by Crippen LogP contribution is 2.36. The number of esters is 1. The summed E-state index contributed by atoms with van der Waals surface area (Å²) in [6.07, 6.45) is 5.14. The predicted octanol–water partition coefficient (Wildman–Crippen LogP) is 3.22. The summed E-state index contributed by atoms with van der Waals surface area (Å²) in [7, 11) is 0. The summed E-state index contributed by atoms with van der Waals surface area (Å²) in [5, 5.41) is 16.6. The van der Waals surface area contributed by atoms with E-state index in [2.05, 4.69) is 16.5 Å². The van der Waals surface area contributed by atoms with Crippen molar-refractivity contribution in [3.8, 4) is 6.07 Å². The Hall–Kier alpha value is -2.66. The predicted molar refractivity (Wildman–Crippen MR) is 99.6 cm³/mol. The van der Waals surface area contributed by atoms with Gasteiger partial charge < -0.3 is 14.6 Å². The second-order valence-corrected chi connectivity index (χ2v) is 7.67. The fourth-order valence-electron chi connectivity index (χ4n) is 3.21. The zero-order chi connectivity index (χ0) is 19.4. The summed E-state index contributed by atoms with van der Waals surface area (Å²) in [6.45, 7) is 3.07. The van der Waals surface area contributed by atoms with Gasteiger partial charge in [0, 0.05) is 10.4 Å². The van der Waals surface area contributed by atoms with Crippen molar-refractivity contribution in [2.75, 3.05) is 11.9 Å². The average Bonchev–Trinajstić information content (AvgIpc) is 3.02. The maximum absolute atomic E-state index is 12.2. The molecule has 7 nitrogen and oxygen atoms in total. The van der Waals surface area contributed by atoms with Gasteiger partial charge in [-0.1, -0.05) is 11.6 Å². The van der Waals surface area contributed by atoms with Crippen molar-refractivity contribution in [2.45, 2.75) is 52.4 Å². The first-order valence-electron chi connectivity index (χ1n) is 8.91. The third-order valence-corrected chi connectivity index (χ3v) is 5.86. The van der Waals surface area contributed by atoms with E-state index in [0.29, 0.717) is 27.6 Å². The molecule has 0 spiro atoms. The fourth-order valence-corrected chi connectivity index (χ4v) is 4.46. The van der Waals surface area contributed by atoms with Gasteiger partial charge in [-0.25, -0.2) is 0 Å². The number of rotatable bonds is 5. The number of ether oxygens (including phenoxy) is 1. The minimum Gasteiger partial charge on any atom is -0.455 e. The monoisotopic (exact) mass is 387 g/mol. The number of hydrogen-bond donors (Lipinski definition) is 1. The number of fused-ring (bicyclic) bond motifs is 1. The van der Waals surface area contributed by atoms with Crippen molar-refractivity contribution >= 4 is 28.2 Å². The van der Waals surface area contributed by atoms with Gasteiger partial charge in [0.25, 0.3) is 5.91 Å². The van der Waals surface area contributed by atoms with Crippen LogP contribution in [0.5, 0.6) is 0 Å². The first-order chi connectivity index (χ1) is 13.0. The topological polar surface area (TPSA) is 105 Å². The molecule has 0 fully saturated rings. The van der Waals surface area contributed by atoms with Crippen LogP contribution in [0.2, 0.25) is 0 Å². The van der Waals surface area contributed by atoms with E-state index in [1.165, 1.54) is 16.2 Å². The summed E-state index contributed by atoms with van der Waals surface area (Å²) in [5.41, 5.74) is 2.92. The number of nitrogens with one attached hydrogen (secondary N) is 1. The molecule has 8 heteroatoms. The van der Waals surface area contributed by atoms with Crippen LogP contribution in [-0.4, -0.2) is 23.6 Å². The Bertz CT molecular complexity index is 887. The Kier molecular flexibility index (Phi) is 5.91. The number of aryl methyl sites for hydroxylation is 3. The van der Waals surface area contributed by atoms with Gasteiger partial charge in [0.05, 0.1) is 17.7 Å². The number of nitrogens with zero attached hydrogens (tertiary/aromatic N) is 2. The van der Waals surface area contributed by atoms with Crippen LogP contribution in [0, 0.1) is 25.2 Å². The van der Waals surface area contributed by atoms with Gasteiger partial charge in [-0.2, -0.15) is 5.26 Å². The van der Waals surface area contributed by atoms with Crippen LogP contribution in [0.25, 0.3) is 0 Å². The standard InChI is InChI=1S/C19H21N3O4S/c1-11-14(12(2)26-22-11)8-18(24)25-10-17(23)21-19-15(9-20)13-6-4-3-5-7-16(13)27-19/h3-8,10H2,1-2H3,(H,21,23). The quantitative estimate of drug-likeness (QED) is 0.624. The van der Waals surface area contributed by atoms with Gasteiger partial charge in [-0.3, -0.25) is 9.59 Å². The third-order valence-electron chi connectivity index (χ3n) is 4.65. The molecule has 2 aromatic heterocycles. The molecule has 0 aliphatic heterocycles. The van der Waals surface area contributed by atoms with Crippen LogP contribution < -0.4 is 5.32 Å². The Morgan fingerprint density at radius 1 is 1.30 bits per heavy atom. The van der Waals surface area contributed by atoms with E-state index >= 15 is 0 Å². The van der Waals surface area contributed by atoms with Crippen LogP contribution >= 0.6 is 11.3 Å². The van der Waals surface area contributed by atoms with Gasteiger partial charge in [-0.15, -0.1) is 11.3 Å². The largest absolute Gasteiger partial charge is 0.455 e. The first kappa shape index (κ1) is 19.1. The Balaban J connectivity index is 1.58. The highest BCUT2D eigenvalue weighted by molar-refractivity contribution is 7.16. The van der Waals surface area contributed by atoms with Crippen molar-refractivity contribution < 1.29 is 18.8 Å². The average molecular weight is 387 g/mol. The minimum absolute atomic E-state index is 0.00515. The molecule has 2 heterocycles. The lowest BCUT2D eigenvalue weighted by molar-refractivity contribution is -0.146. The Morgan fingerprint density at radius 3 is 2.78 bits per heavy atom. The molecule has 1 amide bonds. The molecule has 0 saturated heterocycles. The van der Waals surface area contributed by atoms with Gasteiger partial charge in [0.15, 0.2) is 6.61 Å². The molecule has 0 unspecified atom stereocenters. The van der Waals surface area contributed by atoms with Crippen molar-refractivity contribution in [1.82, 2.24) is 5.16 Å². The number of carbonyl (C=O) groups excluding carboxylic acids is 2. The second-order valence-electron chi connectivity index (χ2n) is 6.57. The molecular weight excluding hydrogens is 366 g/mol. The van der Waals surface area contributed by atoms with Crippen molar-refractivity contribution in [3.05, 3.63) is 33.0 Å². The zero-order valence-corrected chi connectivity index (χ0v) is 16.2. The fraction of sp³-hybridized carbons (Fsp3) is 0.474. The van der Waals surface area contributed by atoms with Crippen LogP contribution in [0.3, 0.4) is 0 Å². The highest BCUT2D eigenvalue weighted by Gasteiger charge is 2.21. The first-order valence-corrected chi connectivity index (χ1v) is 9.73. The van der Waals surface area contributed by atoms with Crippen molar-refractivity contribution in [3.63, 3.8) is 0 Å².